The van der Waals surface area contributed by atoms with E-state index in [1.54, 1.807) is 11.4 Å². The van der Waals surface area contributed by atoms with Gasteiger partial charge in [0.25, 0.3) is 0 Å². The van der Waals surface area contributed by atoms with Gasteiger partial charge >= 0.3 is 0 Å². The molecule has 0 spiro atoms. The Hall–Kier alpha value is -0.170. The predicted molar refractivity (Wildman–Crippen MR) is 64.4 cm³/mol. The Labute approximate surface area is 103 Å². The van der Waals surface area contributed by atoms with Crippen molar-refractivity contribution in [2.24, 2.45) is 0 Å². The minimum atomic E-state index is -3.25. The second kappa shape index (κ2) is 4.84. The lowest BCUT2D eigenvalue weighted by molar-refractivity contribution is 0.00754. The van der Waals surface area contributed by atoms with Crippen molar-refractivity contribution < 1.29 is 17.9 Å². The van der Waals surface area contributed by atoms with Crippen LogP contribution in [0.1, 0.15) is 26.2 Å². The molecule has 0 amide bonds. The summed E-state index contributed by atoms with van der Waals surface area (Å²) >= 11 is 0. The van der Waals surface area contributed by atoms with Crippen LogP contribution in [0.25, 0.3) is 0 Å². The first-order chi connectivity index (χ1) is 8.02. The monoisotopic (exact) mass is 263 g/mol. The van der Waals surface area contributed by atoms with Crippen molar-refractivity contribution in [1.29, 1.82) is 0 Å². The fraction of sp³-hybridized carbons (Fsp3) is 1.00. The minimum Gasteiger partial charge on any atom is -0.383 e. The first-order valence-corrected chi connectivity index (χ1v) is 7.56. The molecule has 1 heterocycles. The molecule has 0 bridgehead atoms. The number of rotatable bonds is 4. The molecule has 17 heavy (non-hydrogen) atoms. The van der Waals surface area contributed by atoms with Crippen molar-refractivity contribution in [3.63, 3.8) is 0 Å². The minimum absolute atomic E-state index is 0.0156. The van der Waals surface area contributed by atoms with E-state index in [2.05, 4.69) is 0 Å². The average molecular weight is 263 g/mol. The molecule has 6 heteroatoms. The maximum absolute atomic E-state index is 12.6. The highest BCUT2D eigenvalue weighted by Crippen LogP contribution is 2.41. The van der Waals surface area contributed by atoms with Gasteiger partial charge in [-0.1, -0.05) is 6.42 Å². The van der Waals surface area contributed by atoms with E-state index in [9.17, 15) is 8.42 Å². The van der Waals surface area contributed by atoms with E-state index < -0.39 is 14.8 Å². The van der Waals surface area contributed by atoms with E-state index in [4.69, 9.17) is 9.47 Å². The largest absolute Gasteiger partial charge is 0.383 e. The van der Waals surface area contributed by atoms with Crippen molar-refractivity contribution in [1.82, 2.24) is 4.31 Å². The lowest BCUT2D eigenvalue weighted by Gasteiger charge is -2.44. The van der Waals surface area contributed by atoms with Crippen LogP contribution in [0.3, 0.4) is 0 Å². The molecule has 1 saturated carbocycles. The van der Waals surface area contributed by atoms with Crippen molar-refractivity contribution in [3.05, 3.63) is 0 Å². The molecule has 1 unspecified atom stereocenters. The Morgan fingerprint density at radius 3 is 2.65 bits per heavy atom. The van der Waals surface area contributed by atoms with Gasteiger partial charge in [-0.05, 0) is 19.8 Å². The smallest absolute Gasteiger partial charge is 0.222 e. The highest BCUT2D eigenvalue weighted by atomic mass is 32.2. The van der Waals surface area contributed by atoms with Gasteiger partial charge in [0.1, 0.15) is 4.75 Å². The van der Waals surface area contributed by atoms with Gasteiger partial charge in [-0.3, -0.25) is 0 Å². The SMILES string of the molecule is COCC1(S(=O)(=O)N2CCOC(C)C2)CCC1. The van der Waals surface area contributed by atoms with E-state index in [1.165, 1.54) is 0 Å². The highest BCUT2D eigenvalue weighted by molar-refractivity contribution is 7.90. The van der Waals surface area contributed by atoms with Crippen LogP contribution in [0.15, 0.2) is 0 Å². The molecule has 2 fully saturated rings. The Morgan fingerprint density at radius 2 is 2.18 bits per heavy atom. The quantitative estimate of drug-likeness (QED) is 0.745. The van der Waals surface area contributed by atoms with Gasteiger partial charge in [0.2, 0.25) is 10.0 Å². The normalized spacial score (nSPS) is 29.9. The number of morpholine rings is 1. The zero-order chi connectivity index (χ0) is 12.5. The van der Waals surface area contributed by atoms with Gasteiger partial charge in [0, 0.05) is 20.2 Å². The third-order valence-corrected chi connectivity index (χ3v) is 6.40. The number of nitrogens with zero attached hydrogens (tertiary/aromatic N) is 1. The molecule has 0 aromatic rings. The standard InChI is InChI=1S/C11H21NO4S/c1-10-8-12(6-7-16-10)17(13,14)11(9-15-2)4-3-5-11/h10H,3-9H2,1-2H3. The van der Waals surface area contributed by atoms with Crippen LogP contribution in [-0.2, 0) is 19.5 Å². The van der Waals surface area contributed by atoms with Crippen molar-refractivity contribution in [3.8, 4) is 0 Å². The molecule has 100 valence electrons. The van der Waals surface area contributed by atoms with Crippen LogP contribution in [-0.4, -0.2) is 57.0 Å². The van der Waals surface area contributed by atoms with Gasteiger partial charge in [-0.2, -0.15) is 4.31 Å². The molecule has 2 rings (SSSR count). The lowest BCUT2D eigenvalue weighted by atomic mass is 9.85. The molecular weight excluding hydrogens is 242 g/mol. The molecule has 5 nitrogen and oxygen atoms in total. The predicted octanol–water partition coefficient (Wildman–Crippen LogP) is 0.606. The van der Waals surface area contributed by atoms with Gasteiger partial charge < -0.3 is 9.47 Å². The van der Waals surface area contributed by atoms with Gasteiger partial charge in [-0.25, -0.2) is 8.42 Å². The summed E-state index contributed by atoms with van der Waals surface area (Å²) in [6.07, 6.45) is 2.39. The summed E-state index contributed by atoms with van der Waals surface area (Å²) in [5.74, 6) is 0. The van der Waals surface area contributed by atoms with Gasteiger partial charge in [0.05, 0.1) is 19.3 Å². The molecule has 1 aliphatic heterocycles. The molecular formula is C11H21NO4S. The average Bonchev–Trinajstić information content (AvgIpc) is 2.23. The number of methoxy groups -OCH3 is 1. The summed E-state index contributed by atoms with van der Waals surface area (Å²) < 4.78 is 36.7. The van der Waals surface area contributed by atoms with E-state index in [-0.39, 0.29) is 6.10 Å². The van der Waals surface area contributed by atoms with Crippen LogP contribution in [0, 0.1) is 0 Å². The number of hydrogen-bond donors (Lipinski definition) is 0. The second-order valence-electron chi connectivity index (χ2n) is 5.01. The summed E-state index contributed by atoms with van der Waals surface area (Å²) in [4.78, 5) is 0. The van der Waals surface area contributed by atoms with Crippen LogP contribution in [0.2, 0.25) is 0 Å². The van der Waals surface area contributed by atoms with Crippen LogP contribution >= 0.6 is 0 Å². The lowest BCUT2D eigenvalue weighted by Crippen LogP contribution is -2.58. The number of ether oxygens (including phenoxy) is 2. The second-order valence-corrected chi connectivity index (χ2v) is 7.35. The molecule has 1 atom stereocenters. The van der Waals surface area contributed by atoms with E-state index >= 15 is 0 Å². The molecule has 1 aliphatic carbocycles. The molecule has 1 saturated heterocycles. The fourth-order valence-corrected chi connectivity index (χ4v) is 4.93. The summed E-state index contributed by atoms with van der Waals surface area (Å²) in [7, 11) is -1.69. The molecule has 0 radical (unpaired) electrons. The van der Waals surface area contributed by atoms with E-state index in [1.807, 2.05) is 6.92 Å². The summed E-state index contributed by atoms with van der Waals surface area (Å²) in [6.45, 7) is 3.64. The maximum atomic E-state index is 12.6. The molecule has 2 aliphatic rings. The van der Waals surface area contributed by atoms with Gasteiger partial charge in [-0.15, -0.1) is 0 Å². The van der Waals surface area contributed by atoms with Crippen molar-refractivity contribution in [2.75, 3.05) is 33.4 Å². The van der Waals surface area contributed by atoms with Crippen molar-refractivity contribution >= 4 is 10.0 Å². The highest BCUT2D eigenvalue weighted by Gasteiger charge is 2.52. The van der Waals surface area contributed by atoms with Gasteiger partial charge in [0.15, 0.2) is 0 Å². The molecule has 0 aromatic carbocycles. The van der Waals surface area contributed by atoms with Crippen LogP contribution in [0.5, 0.6) is 0 Å². The zero-order valence-corrected chi connectivity index (χ0v) is 11.3. The Morgan fingerprint density at radius 1 is 1.47 bits per heavy atom. The first kappa shape index (κ1) is 13.3. The van der Waals surface area contributed by atoms with Crippen molar-refractivity contribution in [2.45, 2.75) is 37.0 Å². The van der Waals surface area contributed by atoms with Crippen LogP contribution < -0.4 is 0 Å². The summed E-state index contributed by atoms with van der Waals surface area (Å²) in [6, 6.07) is 0. The maximum Gasteiger partial charge on any atom is 0.222 e. The molecule has 0 aromatic heterocycles. The Kier molecular flexibility index (Phi) is 3.77. The van der Waals surface area contributed by atoms with Crippen LogP contribution in [0.4, 0.5) is 0 Å². The zero-order valence-electron chi connectivity index (χ0n) is 10.5. The third kappa shape index (κ3) is 2.23. The van der Waals surface area contributed by atoms with E-state index in [0.717, 1.165) is 19.3 Å². The summed E-state index contributed by atoms with van der Waals surface area (Å²) in [5.41, 5.74) is 0. The number of sulfonamides is 1. The fourth-order valence-electron chi connectivity index (χ4n) is 2.59. The Balaban J connectivity index is 2.16. The molecule has 0 N–H and O–H groups in total. The summed E-state index contributed by atoms with van der Waals surface area (Å²) in [5, 5.41) is 0. The topological polar surface area (TPSA) is 55.8 Å². The van der Waals surface area contributed by atoms with E-state index in [0.29, 0.717) is 26.3 Å². The number of hydrogen-bond acceptors (Lipinski definition) is 4. The third-order valence-electron chi connectivity index (χ3n) is 3.76. The first-order valence-electron chi connectivity index (χ1n) is 6.12. The Bertz CT molecular complexity index is 364.